The molecule has 0 radical (unpaired) electrons. The molecule has 2 aliphatic rings. The van der Waals surface area contributed by atoms with Crippen molar-refractivity contribution in [2.75, 3.05) is 26.3 Å². The molecule has 0 spiro atoms. The summed E-state index contributed by atoms with van der Waals surface area (Å²) in [6, 6.07) is 8.55. The standard InChI is InChI=1S/C19H25N3O2/c23-19(10-14-11-20-16-7-3-2-6-15(14)16)21-17-12-24-13-18(17)22-8-4-1-5-9-22/h2-3,6-7,11,17-18,20H,1,4-5,8-10,12-13H2,(H,21,23)/t17-,18-/m1/s1. The van der Waals surface area contributed by atoms with Gasteiger partial charge in [0.25, 0.3) is 0 Å². The summed E-state index contributed by atoms with van der Waals surface area (Å²) < 4.78 is 5.67. The molecule has 4 rings (SSSR count). The Bertz CT molecular complexity index is 705. The van der Waals surface area contributed by atoms with Crippen LogP contribution in [0.4, 0.5) is 0 Å². The van der Waals surface area contributed by atoms with Crippen LogP contribution < -0.4 is 5.32 Å². The molecule has 1 amide bonds. The van der Waals surface area contributed by atoms with E-state index in [1.54, 1.807) is 0 Å². The molecule has 0 unspecified atom stereocenters. The number of hydrogen-bond donors (Lipinski definition) is 2. The Morgan fingerprint density at radius 1 is 1.21 bits per heavy atom. The van der Waals surface area contributed by atoms with Crippen molar-refractivity contribution in [3.05, 3.63) is 36.0 Å². The number of para-hydroxylation sites is 1. The fourth-order valence-corrected chi connectivity index (χ4v) is 4.00. The Labute approximate surface area is 142 Å². The highest BCUT2D eigenvalue weighted by atomic mass is 16.5. The van der Waals surface area contributed by atoms with Crippen LogP contribution in [0, 0.1) is 0 Å². The second kappa shape index (κ2) is 6.95. The number of amides is 1. The molecular formula is C19H25N3O2. The van der Waals surface area contributed by atoms with E-state index >= 15 is 0 Å². The van der Waals surface area contributed by atoms with Crippen molar-refractivity contribution in [1.29, 1.82) is 0 Å². The summed E-state index contributed by atoms with van der Waals surface area (Å²) in [6.07, 6.45) is 6.19. The molecule has 1 aromatic carbocycles. The fraction of sp³-hybridized carbons (Fsp3) is 0.526. The Morgan fingerprint density at radius 3 is 2.92 bits per heavy atom. The number of benzene rings is 1. The lowest BCUT2D eigenvalue weighted by Crippen LogP contribution is -2.52. The SMILES string of the molecule is O=C(Cc1c[nH]c2ccccc12)N[C@@H]1COC[C@H]1N1CCCCC1. The Kier molecular flexibility index (Phi) is 4.54. The van der Waals surface area contributed by atoms with E-state index in [-0.39, 0.29) is 11.9 Å². The van der Waals surface area contributed by atoms with Gasteiger partial charge in [0.05, 0.1) is 31.7 Å². The van der Waals surface area contributed by atoms with Crippen molar-refractivity contribution in [2.24, 2.45) is 0 Å². The predicted molar refractivity (Wildman–Crippen MR) is 94.0 cm³/mol. The van der Waals surface area contributed by atoms with Gasteiger partial charge in [0.15, 0.2) is 0 Å². The van der Waals surface area contributed by atoms with Crippen molar-refractivity contribution in [2.45, 2.75) is 37.8 Å². The molecule has 0 bridgehead atoms. The molecule has 2 N–H and O–H groups in total. The first-order valence-corrected chi connectivity index (χ1v) is 8.97. The largest absolute Gasteiger partial charge is 0.378 e. The van der Waals surface area contributed by atoms with Crippen molar-refractivity contribution in [3.63, 3.8) is 0 Å². The molecule has 1 aromatic heterocycles. The second-order valence-corrected chi connectivity index (χ2v) is 6.91. The number of carbonyl (C=O) groups is 1. The quantitative estimate of drug-likeness (QED) is 0.904. The third kappa shape index (κ3) is 3.19. The van der Waals surface area contributed by atoms with E-state index in [1.165, 1.54) is 19.3 Å². The number of H-pyrrole nitrogens is 1. The Hall–Kier alpha value is -1.85. The average Bonchev–Trinajstić information content (AvgIpc) is 3.23. The van der Waals surface area contributed by atoms with Gasteiger partial charge in [0.2, 0.25) is 5.91 Å². The van der Waals surface area contributed by atoms with Gasteiger partial charge < -0.3 is 15.0 Å². The van der Waals surface area contributed by atoms with Crippen LogP contribution in [-0.2, 0) is 16.0 Å². The van der Waals surface area contributed by atoms with E-state index in [4.69, 9.17) is 4.74 Å². The van der Waals surface area contributed by atoms with Gasteiger partial charge in [-0.2, -0.15) is 0 Å². The maximum Gasteiger partial charge on any atom is 0.224 e. The first kappa shape index (κ1) is 15.7. The second-order valence-electron chi connectivity index (χ2n) is 6.91. The molecule has 2 fully saturated rings. The zero-order valence-electron chi connectivity index (χ0n) is 14.0. The number of nitrogens with zero attached hydrogens (tertiary/aromatic N) is 1. The molecule has 5 nitrogen and oxygen atoms in total. The third-order valence-corrected chi connectivity index (χ3v) is 5.28. The molecule has 5 heteroatoms. The van der Waals surface area contributed by atoms with Crippen LogP contribution in [0.3, 0.4) is 0 Å². The topological polar surface area (TPSA) is 57.4 Å². The molecule has 2 atom stereocenters. The number of likely N-dealkylation sites (tertiary alicyclic amines) is 1. The predicted octanol–water partition coefficient (Wildman–Crippen LogP) is 2.08. The van der Waals surface area contributed by atoms with Crippen LogP contribution in [0.1, 0.15) is 24.8 Å². The van der Waals surface area contributed by atoms with Crippen LogP contribution in [0.2, 0.25) is 0 Å². The molecule has 3 heterocycles. The summed E-state index contributed by atoms with van der Waals surface area (Å²) in [5, 5.41) is 4.34. The number of aromatic amines is 1. The molecule has 128 valence electrons. The highest BCUT2D eigenvalue weighted by molar-refractivity contribution is 5.88. The molecule has 0 aliphatic carbocycles. The fourth-order valence-electron chi connectivity index (χ4n) is 4.00. The van der Waals surface area contributed by atoms with Gasteiger partial charge in [0, 0.05) is 17.1 Å². The van der Waals surface area contributed by atoms with Crippen LogP contribution in [0.5, 0.6) is 0 Å². The zero-order valence-corrected chi connectivity index (χ0v) is 14.0. The van der Waals surface area contributed by atoms with E-state index in [9.17, 15) is 4.79 Å². The van der Waals surface area contributed by atoms with Gasteiger partial charge in [-0.1, -0.05) is 24.6 Å². The lowest BCUT2D eigenvalue weighted by atomic mass is 10.0. The molecule has 24 heavy (non-hydrogen) atoms. The number of nitrogens with one attached hydrogen (secondary N) is 2. The van der Waals surface area contributed by atoms with E-state index in [2.05, 4.69) is 21.3 Å². The van der Waals surface area contributed by atoms with Gasteiger partial charge >= 0.3 is 0 Å². The number of carbonyl (C=O) groups excluding carboxylic acids is 1. The zero-order chi connectivity index (χ0) is 16.4. The number of piperidine rings is 1. The maximum atomic E-state index is 12.5. The van der Waals surface area contributed by atoms with E-state index < -0.39 is 0 Å². The Balaban J connectivity index is 1.40. The van der Waals surface area contributed by atoms with Gasteiger partial charge in [-0.25, -0.2) is 0 Å². The highest BCUT2D eigenvalue weighted by Gasteiger charge is 2.34. The molecule has 2 aromatic rings. The minimum absolute atomic E-state index is 0.0808. The van der Waals surface area contributed by atoms with Crippen molar-refractivity contribution in [1.82, 2.24) is 15.2 Å². The summed E-state index contributed by atoms with van der Waals surface area (Å²) >= 11 is 0. The number of aromatic nitrogens is 1. The summed E-state index contributed by atoms with van der Waals surface area (Å²) in [4.78, 5) is 18.3. The smallest absolute Gasteiger partial charge is 0.224 e. The van der Waals surface area contributed by atoms with Gasteiger partial charge in [0.1, 0.15) is 0 Å². The minimum atomic E-state index is 0.0808. The molecular weight excluding hydrogens is 302 g/mol. The summed E-state index contributed by atoms with van der Waals surface area (Å²) in [5.41, 5.74) is 2.13. The van der Waals surface area contributed by atoms with Crippen molar-refractivity contribution < 1.29 is 9.53 Å². The third-order valence-electron chi connectivity index (χ3n) is 5.28. The highest BCUT2D eigenvalue weighted by Crippen LogP contribution is 2.20. The first-order valence-electron chi connectivity index (χ1n) is 8.97. The summed E-state index contributed by atoms with van der Waals surface area (Å²) in [5.74, 6) is 0.0808. The maximum absolute atomic E-state index is 12.5. The van der Waals surface area contributed by atoms with E-state index in [0.717, 1.165) is 36.2 Å². The van der Waals surface area contributed by atoms with E-state index in [1.807, 2.05) is 24.4 Å². The monoisotopic (exact) mass is 327 g/mol. The minimum Gasteiger partial charge on any atom is -0.378 e. The lowest BCUT2D eigenvalue weighted by molar-refractivity contribution is -0.121. The normalized spacial score (nSPS) is 25.2. The van der Waals surface area contributed by atoms with E-state index in [0.29, 0.717) is 19.1 Å². The average molecular weight is 327 g/mol. The Morgan fingerprint density at radius 2 is 2.04 bits per heavy atom. The summed E-state index contributed by atoms with van der Waals surface area (Å²) in [7, 11) is 0. The number of fused-ring (bicyclic) bond motifs is 1. The molecule has 0 saturated carbocycles. The van der Waals surface area contributed by atoms with Crippen LogP contribution in [0.15, 0.2) is 30.5 Å². The van der Waals surface area contributed by atoms with Gasteiger partial charge in [-0.15, -0.1) is 0 Å². The number of rotatable bonds is 4. The van der Waals surface area contributed by atoms with Crippen molar-refractivity contribution >= 4 is 16.8 Å². The first-order chi connectivity index (χ1) is 11.8. The van der Waals surface area contributed by atoms with Crippen LogP contribution in [-0.4, -0.2) is 54.2 Å². The van der Waals surface area contributed by atoms with Gasteiger partial charge in [-0.05, 0) is 37.6 Å². The van der Waals surface area contributed by atoms with Crippen LogP contribution >= 0.6 is 0 Å². The number of hydrogen-bond acceptors (Lipinski definition) is 3. The van der Waals surface area contributed by atoms with Crippen LogP contribution in [0.25, 0.3) is 10.9 Å². The number of ether oxygens (including phenoxy) is 1. The molecule has 2 aliphatic heterocycles. The summed E-state index contributed by atoms with van der Waals surface area (Å²) in [6.45, 7) is 3.62. The lowest BCUT2D eigenvalue weighted by Gasteiger charge is -2.34. The molecule has 2 saturated heterocycles. The van der Waals surface area contributed by atoms with Gasteiger partial charge in [-0.3, -0.25) is 9.69 Å². The van der Waals surface area contributed by atoms with Crippen molar-refractivity contribution in [3.8, 4) is 0 Å².